The first-order chi connectivity index (χ1) is 15.0. The van der Waals surface area contributed by atoms with Gasteiger partial charge in [-0.2, -0.15) is 0 Å². The standard InChI is InChI=1S/C24H28N4O3/c1-2-24(18-9-5-3-6-10-18)22(30)28(23(31)26-24)17-21(29)25-19-11-13-20(14-12-19)27-15-7-4-8-16-27/h3,5-6,9-14H,2,4,7-8,15-17H2,1H3,(H,25,29)(H,26,31). The molecule has 4 amide bonds. The molecular weight excluding hydrogens is 392 g/mol. The van der Waals surface area contributed by atoms with Crippen LogP contribution in [0.1, 0.15) is 38.2 Å². The van der Waals surface area contributed by atoms with Crippen LogP contribution in [0.4, 0.5) is 16.2 Å². The maximum Gasteiger partial charge on any atom is 0.325 e. The zero-order chi connectivity index (χ0) is 21.8. The molecule has 0 aromatic heterocycles. The van der Waals surface area contributed by atoms with Gasteiger partial charge in [-0.05, 0) is 55.5 Å². The van der Waals surface area contributed by atoms with Crippen LogP contribution in [0.2, 0.25) is 0 Å². The predicted molar refractivity (Wildman–Crippen MR) is 120 cm³/mol. The molecule has 1 unspecified atom stereocenters. The number of nitrogens with zero attached hydrogens (tertiary/aromatic N) is 2. The van der Waals surface area contributed by atoms with Crippen molar-refractivity contribution in [3.8, 4) is 0 Å². The zero-order valence-electron chi connectivity index (χ0n) is 17.8. The predicted octanol–water partition coefficient (Wildman–Crippen LogP) is 3.47. The third-order valence-corrected chi connectivity index (χ3v) is 6.15. The summed E-state index contributed by atoms with van der Waals surface area (Å²) in [6.07, 6.45) is 4.08. The lowest BCUT2D eigenvalue weighted by Crippen LogP contribution is -2.44. The van der Waals surface area contributed by atoms with Gasteiger partial charge in [-0.1, -0.05) is 37.3 Å². The van der Waals surface area contributed by atoms with Crippen LogP contribution in [0.25, 0.3) is 0 Å². The largest absolute Gasteiger partial charge is 0.372 e. The molecule has 0 radical (unpaired) electrons. The molecule has 31 heavy (non-hydrogen) atoms. The van der Waals surface area contributed by atoms with Gasteiger partial charge in [0.15, 0.2) is 0 Å². The number of urea groups is 1. The summed E-state index contributed by atoms with van der Waals surface area (Å²) in [4.78, 5) is 41.6. The molecule has 0 spiro atoms. The number of anilines is 2. The Morgan fingerprint density at radius 1 is 1.00 bits per heavy atom. The van der Waals surface area contributed by atoms with Gasteiger partial charge in [0, 0.05) is 24.5 Å². The number of hydrogen-bond donors (Lipinski definition) is 2. The molecule has 7 nitrogen and oxygen atoms in total. The van der Waals surface area contributed by atoms with E-state index in [2.05, 4.69) is 15.5 Å². The van der Waals surface area contributed by atoms with Crippen LogP contribution in [-0.4, -0.2) is 42.4 Å². The van der Waals surface area contributed by atoms with Crippen molar-refractivity contribution in [3.63, 3.8) is 0 Å². The molecular formula is C24H28N4O3. The van der Waals surface area contributed by atoms with Gasteiger partial charge in [0.2, 0.25) is 5.91 Å². The van der Waals surface area contributed by atoms with Crippen LogP contribution in [-0.2, 0) is 15.1 Å². The second kappa shape index (κ2) is 8.79. The number of amides is 4. The molecule has 1 atom stereocenters. The SMILES string of the molecule is CCC1(c2ccccc2)NC(=O)N(CC(=O)Nc2ccc(N3CCCCC3)cc2)C1=O. The number of hydrogen-bond acceptors (Lipinski definition) is 4. The van der Waals surface area contributed by atoms with Gasteiger partial charge in [0.1, 0.15) is 12.1 Å². The first-order valence-electron chi connectivity index (χ1n) is 10.9. The smallest absolute Gasteiger partial charge is 0.325 e. The van der Waals surface area contributed by atoms with E-state index in [0.29, 0.717) is 17.7 Å². The van der Waals surface area contributed by atoms with Crippen molar-refractivity contribution in [2.24, 2.45) is 0 Å². The third kappa shape index (κ3) is 4.13. The van der Waals surface area contributed by atoms with Crippen molar-refractivity contribution in [1.29, 1.82) is 0 Å². The van der Waals surface area contributed by atoms with E-state index in [9.17, 15) is 14.4 Å². The summed E-state index contributed by atoms with van der Waals surface area (Å²) in [6.45, 7) is 3.63. The summed E-state index contributed by atoms with van der Waals surface area (Å²) in [7, 11) is 0. The van der Waals surface area contributed by atoms with Gasteiger partial charge in [-0.3, -0.25) is 14.5 Å². The highest BCUT2D eigenvalue weighted by Gasteiger charge is 2.51. The van der Waals surface area contributed by atoms with E-state index >= 15 is 0 Å². The molecule has 2 saturated heterocycles. The van der Waals surface area contributed by atoms with E-state index in [-0.39, 0.29) is 6.54 Å². The number of imide groups is 1. The minimum atomic E-state index is -1.13. The van der Waals surface area contributed by atoms with Crippen LogP contribution in [0.15, 0.2) is 54.6 Å². The van der Waals surface area contributed by atoms with Crippen LogP contribution in [0, 0.1) is 0 Å². The fraction of sp³-hybridized carbons (Fsp3) is 0.375. The average molecular weight is 421 g/mol. The van der Waals surface area contributed by atoms with Crippen molar-refractivity contribution in [2.75, 3.05) is 29.9 Å². The van der Waals surface area contributed by atoms with Gasteiger partial charge in [-0.15, -0.1) is 0 Å². The lowest BCUT2D eigenvalue weighted by atomic mass is 9.87. The van der Waals surface area contributed by atoms with Crippen molar-refractivity contribution < 1.29 is 14.4 Å². The van der Waals surface area contributed by atoms with Gasteiger partial charge < -0.3 is 15.5 Å². The molecule has 0 aliphatic carbocycles. The number of carbonyl (C=O) groups is 3. The number of benzene rings is 2. The lowest BCUT2D eigenvalue weighted by Gasteiger charge is -2.28. The topological polar surface area (TPSA) is 81.8 Å². The van der Waals surface area contributed by atoms with Gasteiger partial charge in [0.05, 0.1) is 0 Å². The molecule has 2 aromatic carbocycles. The fourth-order valence-corrected chi connectivity index (χ4v) is 4.38. The molecule has 0 bridgehead atoms. The molecule has 4 rings (SSSR count). The average Bonchev–Trinajstić information content (AvgIpc) is 3.06. The van der Waals surface area contributed by atoms with Crippen molar-refractivity contribution in [3.05, 3.63) is 60.2 Å². The second-order valence-electron chi connectivity index (χ2n) is 8.09. The Bertz CT molecular complexity index is 955. The Morgan fingerprint density at radius 3 is 2.32 bits per heavy atom. The van der Waals surface area contributed by atoms with E-state index in [1.165, 1.54) is 19.3 Å². The van der Waals surface area contributed by atoms with Crippen LogP contribution >= 0.6 is 0 Å². The first-order valence-corrected chi connectivity index (χ1v) is 10.9. The monoisotopic (exact) mass is 420 g/mol. The number of carbonyl (C=O) groups excluding carboxylic acids is 3. The number of rotatable bonds is 6. The maximum absolute atomic E-state index is 13.1. The van der Waals surface area contributed by atoms with E-state index in [1.807, 2.05) is 61.5 Å². The van der Waals surface area contributed by atoms with Crippen LogP contribution < -0.4 is 15.5 Å². The van der Waals surface area contributed by atoms with Crippen LogP contribution in [0.3, 0.4) is 0 Å². The molecule has 2 heterocycles. The van der Waals surface area contributed by atoms with E-state index in [1.54, 1.807) is 0 Å². The number of piperidine rings is 1. The molecule has 0 saturated carbocycles. The van der Waals surface area contributed by atoms with Crippen molar-refractivity contribution in [2.45, 2.75) is 38.1 Å². The number of nitrogens with one attached hydrogen (secondary N) is 2. The van der Waals surface area contributed by atoms with Gasteiger partial charge in [0.25, 0.3) is 5.91 Å². The summed E-state index contributed by atoms with van der Waals surface area (Å²) in [6, 6.07) is 16.3. The molecule has 2 aliphatic rings. The summed E-state index contributed by atoms with van der Waals surface area (Å²) in [5.41, 5.74) is 1.37. The van der Waals surface area contributed by atoms with E-state index in [0.717, 1.165) is 23.7 Å². The molecule has 7 heteroatoms. The van der Waals surface area contributed by atoms with Crippen LogP contribution in [0.5, 0.6) is 0 Å². The van der Waals surface area contributed by atoms with Crippen molar-refractivity contribution >= 4 is 29.2 Å². The minimum Gasteiger partial charge on any atom is -0.372 e. The third-order valence-electron chi connectivity index (χ3n) is 6.15. The fourth-order valence-electron chi connectivity index (χ4n) is 4.38. The normalized spacial score (nSPS) is 21.2. The zero-order valence-corrected chi connectivity index (χ0v) is 17.8. The molecule has 162 valence electrons. The lowest BCUT2D eigenvalue weighted by molar-refractivity contribution is -0.134. The van der Waals surface area contributed by atoms with Crippen molar-refractivity contribution in [1.82, 2.24) is 10.2 Å². The highest BCUT2D eigenvalue weighted by Crippen LogP contribution is 2.32. The molecule has 2 fully saturated rings. The van der Waals surface area contributed by atoms with Gasteiger partial charge in [-0.25, -0.2) is 4.79 Å². The maximum atomic E-state index is 13.1. The Kier molecular flexibility index (Phi) is 5.93. The first kappa shape index (κ1) is 20.9. The Hall–Kier alpha value is -3.35. The Morgan fingerprint density at radius 2 is 1.68 bits per heavy atom. The quantitative estimate of drug-likeness (QED) is 0.701. The van der Waals surface area contributed by atoms with Gasteiger partial charge >= 0.3 is 6.03 Å². The summed E-state index contributed by atoms with van der Waals surface area (Å²) in [5, 5.41) is 5.59. The summed E-state index contributed by atoms with van der Waals surface area (Å²) >= 11 is 0. The second-order valence-corrected chi connectivity index (χ2v) is 8.09. The highest BCUT2D eigenvalue weighted by molar-refractivity contribution is 6.10. The highest BCUT2D eigenvalue weighted by atomic mass is 16.2. The molecule has 2 aliphatic heterocycles. The Balaban J connectivity index is 1.41. The summed E-state index contributed by atoms with van der Waals surface area (Å²) < 4.78 is 0. The molecule has 2 N–H and O–H groups in total. The van der Waals surface area contributed by atoms with E-state index < -0.39 is 23.4 Å². The summed E-state index contributed by atoms with van der Waals surface area (Å²) in [5.74, 6) is -0.809. The molecule has 2 aromatic rings. The Labute approximate surface area is 182 Å². The minimum absolute atomic E-state index is 0.326. The van der Waals surface area contributed by atoms with E-state index in [4.69, 9.17) is 0 Å².